The minimum Gasteiger partial charge on any atom is -0.492 e. The lowest BCUT2D eigenvalue weighted by molar-refractivity contribution is 0.198. The number of nitrogen functional groups attached to an aromatic ring is 1. The number of fused-ring (bicyclic) bond motifs is 3. The minimum atomic E-state index is -3.21. The molecule has 2 aromatic heterocycles. The van der Waals surface area contributed by atoms with Gasteiger partial charge in [-0.15, -0.1) is 11.3 Å². The van der Waals surface area contributed by atoms with Gasteiger partial charge < -0.3 is 26.0 Å². The number of nitrogens with zero attached hydrogens (tertiary/aromatic N) is 4. The summed E-state index contributed by atoms with van der Waals surface area (Å²) in [5, 5.41) is 7.45. The molecule has 1 fully saturated rings. The van der Waals surface area contributed by atoms with Gasteiger partial charge in [-0.1, -0.05) is 0 Å². The quantitative estimate of drug-likeness (QED) is 0.309. The van der Waals surface area contributed by atoms with E-state index in [4.69, 9.17) is 10.5 Å². The summed E-state index contributed by atoms with van der Waals surface area (Å²) in [7, 11) is -1.51. The third-order valence-electron chi connectivity index (χ3n) is 6.70. The molecule has 5 rings (SSSR count). The first kappa shape index (κ1) is 26.2. The lowest BCUT2D eigenvalue weighted by Gasteiger charge is -2.30. The van der Waals surface area contributed by atoms with Crippen LogP contribution >= 0.6 is 11.3 Å². The second kappa shape index (κ2) is 10.7. The van der Waals surface area contributed by atoms with Gasteiger partial charge in [-0.3, -0.25) is 4.99 Å². The molecule has 3 heterocycles. The van der Waals surface area contributed by atoms with Crippen LogP contribution in [0.15, 0.2) is 23.5 Å². The van der Waals surface area contributed by atoms with E-state index >= 15 is 0 Å². The SMILES string of the molecule is CCOc1cc(N)c(C=NC)cc1Nc1ncnc2sc3c(c12)CCC(NC(=O)N1CCCS(=O)(=O)C1)C3. The van der Waals surface area contributed by atoms with E-state index in [2.05, 4.69) is 25.6 Å². The molecule has 38 heavy (non-hydrogen) atoms. The Morgan fingerprint density at radius 2 is 2.21 bits per heavy atom. The number of aromatic nitrogens is 2. The number of carbonyl (C=O) groups excluding carboxylic acids is 1. The average Bonchev–Trinajstić information content (AvgIpc) is 3.25. The Hall–Kier alpha value is -3.45. The maximum absolute atomic E-state index is 12.8. The van der Waals surface area contributed by atoms with E-state index < -0.39 is 9.84 Å². The number of nitrogens with one attached hydrogen (secondary N) is 2. The average molecular weight is 558 g/mol. The Balaban J connectivity index is 1.39. The van der Waals surface area contributed by atoms with E-state index in [1.807, 2.05) is 13.0 Å². The summed E-state index contributed by atoms with van der Waals surface area (Å²) in [5.74, 6) is 1.22. The van der Waals surface area contributed by atoms with Crippen LogP contribution in [-0.4, -0.2) is 73.4 Å². The van der Waals surface area contributed by atoms with E-state index in [9.17, 15) is 13.2 Å². The molecule has 0 saturated carbocycles. The minimum absolute atomic E-state index is 0.0744. The molecule has 0 bridgehead atoms. The van der Waals surface area contributed by atoms with Crippen LogP contribution in [0.1, 0.15) is 35.8 Å². The molecule has 202 valence electrons. The zero-order valence-corrected chi connectivity index (χ0v) is 23.0. The van der Waals surface area contributed by atoms with Crippen molar-refractivity contribution in [1.82, 2.24) is 20.2 Å². The van der Waals surface area contributed by atoms with Crippen molar-refractivity contribution in [1.29, 1.82) is 0 Å². The largest absolute Gasteiger partial charge is 0.492 e. The summed E-state index contributed by atoms with van der Waals surface area (Å²) in [5.41, 5.74) is 9.43. The number of anilines is 3. The molecule has 0 radical (unpaired) electrons. The number of ether oxygens (including phenoxy) is 1. The monoisotopic (exact) mass is 557 g/mol. The maximum Gasteiger partial charge on any atom is 0.318 e. The van der Waals surface area contributed by atoms with Crippen molar-refractivity contribution < 1.29 is 17.9 Å². The Labute approximate surface area is 225 Å². The third kappa shape index (κ3) is 5.39. The summed E-state index contributed by atoms with van der Waals surface area (Å²) >= 11 is 1.59. The number of carbonyl (C=O) groups is 1. The number of benzene rings is 1. The molecule has 1 aliphatic heterocycles. The summed E-state index contributed by atoms with van der Waals surface area (Å²) in [4.78, 5) is 29.3. The highest BCUT2D eigenvalue weighted by atomic mass is 32.2. The number of sulfone groups is 1. The zero-order chi connectivity index (χ0) is 26.9. The standard InChI is InChI=1S/C25H31N7O4S2/c1-3-36-20-11-18(26)15(12-27-2)9-19(20)31-23-22-17-6-5-16(10-21(17)37-24(22)29-13-28-23)30-25(33)32-7-4-8-38(34,35)14-32/h9,11-13,16H,3-8,10,14,26H2,1-2H3,(H,30,33)(H,28,29,31). The zero-order valence-electron chi connectivity index (χ0n) is 21.4. The van der Waals surface area contributed by atoms with Crippen molar-refractivity contribution in [2.24, 2.45) is 4.99 Å². The number of rotatable bonds is 6. The normalized spacial score (nSPS) is 18.9. The van der Waals surface area contributed by atoms with Crippen LogP contribution in [0.25, 0.3) is 10.2 Å². The van der Waals surface area contributed by atoms with Gasteiger partial charge in [0.2, 0.25) is 0 Å². The first-order chi connectivity index (χ1) is 18.3. The topological polar surface area (TPSA) is 152 Å². The molecular formula is C25H31N7O4S2. The summed E-state index contributed by atoms with van der Waals surface area (Å²) in [6.07, 6.45) is 5.85. The van der Waals surface area contributed by atoms with Gasteiger partial charge in [-0.2, -0.15) is 0 Å². The molecule has 1 saturated heterocycles. The summed E-state index contributed by atoms with van der Waals surface area (Å²) in [6.45, 7) is 2.86. The predicted octanol–water partition coefficient (Wildman–Crippen LogP) is 3.11. The smallest absolute Gasteiger partial charge is 0.318 e. The lowest BCUT2D eigenvalue weighted by atomic mass is 9.93. The molecular weight excluding hydrogens is 526 g/mol. The van der Waals surface area contributed by atoms with E-state index in [0.717, 1.165) is 39.2 Å². The van der Waals surface area contributed by atoms with Gasteiger partial charge in [-0.05, 0) is 37.8 Å². The van der Waals surface area contributed by atoms with Gasteiger partial charge in [0.1, 0.15) is 28.6 Å². The van der Waals surface area contributed by atoms with Gasteiger partial charge in [0.15, 0.2) is 9.84 Å². The Bertz CT molecular complexity index is 1500. The Morgan fingerprint density at radius 1 is 1.37 bits per heavy atom. The molecule has 3 aromatic rings. The number of aliphatic imine (C=N–C) groups is 1. The first-order valence-corrected chi connectivity index (χ1v) is 15.2. The number of urea groups is 1. The molecule has 11 nitrogen and oxygen atoms in total. The van der Waals surface area contributed by atoms with Crippen LogP contribution in [0.4, 0.5) is 22.0 Å². The fourth-order valence-electron chi connectivity index (χ4n) is 4.96. The number of hydrogen-bond acceptors (Lipinski definition) is 10. The Kier molecular flexibility index (Phi) is 7.39. The second-order valence-electron chi connectivity index (χ2n) is 9.41. The second-order valence-corrected chi connectivity index (χ2v) is 12.6. The lowest BCUT2D eigenvalue weighted by Crippen LogP contribution is -2.50. The molecule has 1 unspecified atom stereocenters. The van der Waals surface area contributed by atoms with Crippen molar-refractivity contribution in [3.63, 3.8) is 0 Å². The van der Waals surface area contributed by atoms with Crippen LogP contribution in [0.5, 0.6) is 5.75 Å². The fourth-order valence-corrected chi connectivity index (χ4v) is 7.65. The van der Waals surface area contributed by atoms with Gasteiger partial charge in [0, 0.05) is 54.5 Å². The fraction of sp³-hybridized carbons (Fsp3) is 0.440. The van der Waals surface area contributed by atoms with Crippen LogP contribution in [0, 0.1) is 0 Å². The number of aryl methyl sites for hydroxylation is 1. The van der Waals surface area contributed by atoms with Crippen LogP contribution in [-0.2, 0) is 22.7 Å². The Morgan fingerprint density at radius 3 is 2.97 bits per heavy atom. The number of nitrogens with two attached hydrogens (primary N) is 1. The molecule has 13 heteroatoms. The van der Waals surface area contributed by atoms with Crippen LogP contribution < -0.4 is 21.1 Å². The summed E-state index contributed by atoms with van der Waals surface area (Å²) in [6, 6.07) is 3.29. The van der Waals surface area contributed by atoms with Crippen molar-refractivity contribution in [3.8, 4) is 5.75 Å². The van der Waals surface area contributed by atoms with E-state index in [1.165, 1.54) is 16.8 Å². The van der Waals surface area contributed by atoms with Gasteiger partial charge >= 0.3 is 6.03 Å². The van der Waals surface area contributed by atoms with Gasteiger partial charge in [0.25, 0.3) is 0 Å². The number of thiophene rings is 1. The van der Waals surface area contributed by atoms with Crippen molar-refractivity contribution in [2.45, 2.75) is 38.6 Å². The maximum atomic E-state index is 12.8. The predicted molar refractivity (Wildman–Crippen MR) is 151 cm³/mol. The molecule has 1 aliphatic carbocycles. The van der Waals surface area contributed by atoms with Crippen molar-refractivity contribution >= 4 is 60.8 Å². The van der Waals surface area contributed by atoms with E-state index in [1.54, 1.807) is 30.7 Å². The number of hydrogen-bond donors (Lipinski definition) is 3. The molecule has 2 amide bonds. The highest BCUT2D eigenvalue weighted by molar-refractivity contribution is 7.91. The third-order valence-corrected chi connectivity index (χ3v) is 9.48. The van der Waals surface area contributed by atoms with E-state index in [0.29, 0.717) is 43.2 Å². The number of amides is 2. The molecule has 4 N–H and O–H groups in total. The molecule has 0 spiro atoms. The molecule has 1 aromatic carbocycles. The molecule has 2 aliphatic rings. The highest BCUT2D eigenvalue weighted by Crippen LogP contribution is 2.40. The van der Waals surface area contributed by atoms with Crippen LogP contribution in [0.3, 0.4) is 0 Å². The highest BCUT2D eigenvalue weighted by Gasteiger charge is 2.30. The van der Waals surface area contributed by atoms with Crippen molar-refractivity contribution in [3.05, 3.63) is 34.5 Å². The molecule has 1 atom stereocenters. The van der Waals surface area contributed by atoms with Gasteiger partial charge in [0.05, 0.1) is 23.4 Å². The van der Waals surface area contributed by atoms with Crippen LogP contribution in [0.2, 0.25) is 0 Å². The van der Waals surface area contributed by atoms with E-state index in [-0.39, 0.29) is 23.7 Å². The summed E-state index contributed by atoms with van der Waals surface area (Å²) < 4.78 is 29.7. The van der Waals surface area contributed by atoms with Gasteiger partial charge in [-0.25, -0.2) is 23.2 Å². The first-order valence-electron chi connectivity index (χ1n) is 12.5. The van der Waals surface area contributed by atoms with Crippen molar-refractivity contribution in [2.75, 3.05) is 42.9 Å².